The molecule has 1 rings (SSSR count). The monoisotopic (exact) mass is 220 g/mol. The van der Waals surface area contributed by atoms with Crippen molar-refractivity contribution in [3.8, 4) is 0 Å². The largest absolute Gasteiger partial charge is 0.345 e. The first-order chi connectivity index (χ1) is 7.59. The number of rotatable bonds is 5. The summed E-state index contributed by atoms with van der Waals surface area (Å²) in [5.41, 5.74) is 1.22. The Morgan fingerprint density at radius 2 is 2.00 bits per heavy atom. The minimum Gasteiger partial charge on any atom is -0.345 e. The highest BCUT2D eigenvalue weighted by Crippen LogP contribution is 2.04. The van der Waals surface area contributed by atoms with E-state index in [4.69, 9.17) is 0 Å². The summed E-state index contributed by atoms with van der Waals surface area (Å²) in [5.74, 6) is 0.653. The van der Waals surface area contributed by atoms with Gasteiger partial charge in [0.15, 0.2) is 0 Å². The maximum atomic E-state index is 11.7. The standard InChI is InChI=1S/C13H20N2O/c1-11(2)10-13(16)15(3)9-6-12-4-7-14-8-5-12/h4-5,7-8,11H,6,9-10H2,1-3H3. The maximum absolute atomic E-state index is 11.7. The quantitative estimate of drug-likeness (QED) is 0.761. The SMILES string of the molecule is CC(C)CC(=O)N(C)CCc1ccncc1. The van der Waals surface area contributed by atoms with Crippen molar-refractivity contribution in [2.24, 2.45) is 5.92 Å². The van der Waals surface area contributed by atoms with Crippen molar-refractivity contribution in [1.29, 1.82) is 0 Å². The highest BCUT2D eigenvalue weighted by molar-refractivity contribution is 5.76. The molecular weight excluding hydrogens is 200 g/mol. The highest BCUT2D eigenvalue weighted by atomic mass is 16.2. The van der Waals surface area contributed by atoms with Crippen LogP contribution in [-0.4, -0.2) is 29.4 Å². The van der Waals surface area contributed by atoms with Gasteiger partial charge in [-0.15, -0.1) is 0 Å². The first kappa shape index (κ1) is 12.7. The second-order valence-corrected chi connectivity index (χ2v) is 4.52. The fourth-order valence-electron chi connectivity index (χ4n) is 1.48. The molecule has 0 saturated heterocycles. The van der Waals surface area contributed by atoms with Gasteiger partial charge in [0, 0.05) is 32.4 Å². The highest BCUT2D eigenvalue weighted by Gasteiger charge is 2.10. The molecule has 0 aliphatic rings. The van der Waals surface area contributed by atoms with Crippen molar-refractivity contribution in [2.45, 2.75) is 26.7 Å². The Hall–Kier alpha value is -1.38. The third kappa shape index (κ3) is 4.43. The van der Waals surface area contributed by atoms with Crippen LogP contribution >= 0.6 is 0 Å². The van der Waals surface area contributed by atoms with Crippen molar-refractivity contribution in [3.63, 3.8) is 0 Å². The Balaban J connectivity index is 2.35. The lowest BCUT2D eigenvalue weighted by molar-refractivity contribution is -0.130. The first-order valence-corrected chi connectivity index (χ1v) is 5.72. The van der Waals surface area contributed by atoms with Crippen LogP contribution in [0.1, 0.15) is 25.8 Å². The molecule has 0 aromatic carbocycles. The molecule has 1 heterocycles. The number of carbonyl (C=O) groups is 1. The molecular formula is C13H20N2O. The second-order valence-electron chi connectivity index (χ2n) is 4.52. The molecule has 0 N–H and O–H groups in total. The molecule has 0 spiro atoms. The Morgan fingerprint density at radius 3 is 2.56 bits per heavy atom. The van der Waals surface area contributed by atoms with E-state index in [-0.39, 0.29) is 5.91 Å². The summed E-state index contributed by atoms with van der Waals surface area (Å²) >= 11 is 0. The van der Waals surface area contributed by atoms with Gasteiger partial charge in [-0.1, -0.05) is 13.8 Å². The van der Waals surface area contributed by atoms with Gasteiger partial charge in [0.1, 0.15) is 0 Å². The zero-order valence-corrected chi connectivity index (χ0v) is 10.3. The van der Waals surface area contributed by atoms with Gasteiger partial charge in [0.25, 0.3) is 0 Å². The Labute approximate surface area is 97.5 Å². The normalized spacial score (nSPS) is 10.5. The number of pyridine rings is 1. The molecule has 0 atom stereocenters. The third-order valence-corrected chi connectivity index (χ3v) is 2.49. The van der Waals surface area contributed by atoms with Crippen molar-refractivity contribution < 1.29 is 4.79 Å². The Kier molecular flexibility index (Phi) is 4.96. The van der Waals surface area contributed by atoms with Crippen molar-refractivity contribution in [3.05, 3.63) is 30.1 Å². The molecule has 16 heavy (non-hydrogen) atoms. The molecule has 3 heteroatoms. The topological polar surface area (TPSA) is 33.2 Å². The molecule has 0 aliphatic heterocycles. The summed E-state index contributed by atoms with van der Waals surface area (Å²) in [4.78, 5) is 17.5. The molecule has 0 bridgehead atoms. The molecule has 1 aromatic heterocycles. The van der Waals surface area contributed by atoms with E-state index in [1.54, 1.807) is 17.3 Å². The zero-order valence-electron chi connectivity index (χ0n) is 10.3. The zero-order chi connectivity index (χ0) is 12.0. The van der Waals surface area contributed by atoms with Crippen LogP contribution in [0.5, 0.6) is 0 Å². The van der Waals surface area contributed by atoms with Crippen LogP contribution in [-0.2, 0) is 11.2 Å². The Bertz CT molecular complexity index is 322. The average Bonchev–Trinajstić information content (AvgIpc) is 2.26. The molecule has 0 fully saturated rings. The number of aromatic nitrogens is 1. The van der Waals surface area contributed by atoms with E-state index >= 15 is 0 Å². The first-order valence-electron chi connectivity index (χ1n) is 5.72. The minimum atomic E-state index is 0.226. The number of amides is 1. The van der Waals surface area contributed by atoms with E-state index in [2.05, 4.69) is 18.8 Å². The van der Waals surface area contributed by atoms with Gasteiger partial charge < -0.3 is 4.90 Å². The molecule has 88 valence electrons. The smallest absolute Gasteiger partial charge is 0.222 e. The van der Waals surface area contributed by atoms with E-state index in [0.717, 1.165) is 13.0 Å². The van der Waals surface area contributed by atoms with Gasteiger partial charge in [-0.3, -0.25) is 9.78 Å². The average molecular weight is 220 g/mol. The van der Waals surface area contributed by atoms with Gasteiger partial charge in [-0.2, -0.15) is 0 Å². The number of hydrogen-bond acceptors (Lipinski definition) is 2. The summed E-state index contributed by atoms with van der Waals surface area (Å²) in [7, 11) is 1.87. The van der Waals surface area contributed by atoms with E-state index in [9.17, 15) is 4.79 Å². The lowest BCUT2D eigenvalue weighted by atomic mass is 10.1. The van der Waals surface area contributed by atoms with Gasteiger partial charge in [-0.05, 0) is 30.0 Å². The van der Waals surface area contributed by atoms with Gasteiger partial charge >= 0.3 is 0 Å². The van der Waals surface area contributed by atoms with Crippen LogP contribution in [0.3, 0.4) is 0 Å². The number of likely N-dealkylation sites (N-methyl/N-ethyl adjacent to an activating group) is 1. The van der Waals surface area contributed by atoms with Crippen LogP contribution in [0, 0.1) is 5.92 Å². The predicted octanol–water partition coefficient (Wildman–Crippen LogP) is 2.13. The number of nitrogens with zero attached hydrogens (tertiary/aromatic N) is 2. The third-order valence-electron chi connectivity index (χ3n) is 2.49. The molecule has 0 aliphatic carbocycles. The lowest BCUT2D eigenvalue weighted by Gasteiger charge is -2.18. The van der Waals surface area contributed by atoms with Crippen LogP contribution in [0.15, 0.2) is 24.5 Å². The van der Waals surface area contributed by atoms with E-state index in [0.29, 0.717) is 12.3 Å². The lowest BCUT2D eigenvalue weighted by Crippen LogP contribution is -2.29. The summed E-state index contributed by atoms with van der Waals surface area (Å²) in [6.07, 6.45) is 5.09. The van der Waals surface area contributed by atoms with E-state index in [1.165, 1.54) is 5.56 Å². The van der Waals surface area contributed by atoms with Gasteiger partial charge in [0.2, 0.25) is 5.91 Å². The molecule has 1 aromatic rings. The minimum absolute atomic E-state index is 0.226. The van der Waals surface area contributed by atoms with E-state index in [1.807, 2.05) is 19.2 Å². The van der Waals surface area contributed by atoms with Crippen molar-refractivity contribution in [2.75, 3.05) is 13.6 Å². The number of carbonyl (C=O) groups excluding carboxylic acids is 1. The van der Waals surface area contributed by atoms with Gasteiger partial charge in [0.05, 0.1) is 0 Å². The maximum Gasteiger partial charge on any atom is 0.222 e. The number of hydrogen-bond donors (Lipinski definition) is 0. The van der Waals surface area contributed by atoms with Crippen molar-refractivity contribution in [1.82, 2.24) is 9.88 Å². The van der Waals surface area contributed by atoms with Crippen LogP contribution in [0.25, 0.3) is 0 Å². The molecule has 1 amide bonds. The van der Waals surface area contributed by atoms with Crippen molar-refractivity contribution >= 4 is 5.91 Å². The molecule has 0 unspecified atom stereocenters. The fraction of sp³-hybridized carbons (Fsp3) is 0.538. The van der Waals surface area contributed by atoms with E-state index < -0.39 is 0 Å². The predicted molar refractivity (Wildman–Crippen MR) is 65.0 cm³/mol. The second kappa shape index (κ2) is 6.26. The summed E-state index contributed by atoms with van der Waals surface area (Å²) < 4.78 is 0. The summed E-state index contributed by atoms with van der Waals surface area (Å²) in [6.45, 7) is 4.90. The van der Waals surface area contributed by atoms with Crippen LogP contribution in [0.2, 0.25) is 0 Å². The molecule has 3 nitrogen and oxygen atoms in total. The summed E-state index contributed by atoms with van der Waals surface area (Å²) in [5, 5.41) is 0. The van der Waals surface area contributed by atoms with Crippen LogP contribution in [0.4, 0.5) is 0 Å². The van der Waals surface area contributed by atoms with Crippen LogP contribution < -0.4 is 0 Å². The summed E-state index contributed by atoms with van der Waals surface area (Å²) in [6, 6.07) is 3.97. The fourth-order valence-corrected chi connectivity index (χ4v) is 1.48. The van der Waals surface area contributed by atoms with Gasteiger partial charge in [-0.25, -0.2) is 0 Å². The molecule has 0 saturated carbocycles. The Morgan fingerprint density at radius 1 is 1.38 bits per heavy atom. The molecule has 0 radical (unpaired) electrons.